The van der Waals surface area contributed by atoms with Crippen LogP contribution in [0.1, 0.15) is 22.3 Å². The number of nitrogens with one attached hydrogen (secondary N) is 2. The van der Waals surface area contributed by atoms with Gasteiger partial charge in [0.2, 0.25) is 0 Å². The highest BCUT2D eigenvalue weighted by Gasteiger charge is 2.28. The predicted molar refractivity (Wildman–Crippen MR) is 150 cm³/mol. The zero-order valence-electron chi connectivity index (χ0n) is 20.2. The van der Waals surface area contributed by atoms with Crippen molar-refractivity contribution in [2.45, 2.75) is 13.0 Å². The summed E-state index contributed by atoms with van der Waals surface area (Å²) in [6.07, 6.45) is 1.03. The first-order valence-electron chi connectivity index (χ1n) is 12.1. The summed E-state index contributed by atoms with van der Waals surface area (Å²) in [5.41, 5.74) is 7.40. The summed E-state index contributed by atoms with van der Waals surface area (Å²) < 4.78 is 0. The van der Waals surface area contributed by atoms with Crippen LogP contribution >= 0.6 is 11.6 Å². The Labute approximate surface area is 217 Å². The zero-order valence-corrected chi connectivity index (χ0v) is 20.9. The topological polar surface area (TPSA) is 44.4 Å². The Morgan fingerprint density at radius 1 is 0.861 bits per heavy atom. The Morgan fingerprint density at radius 2 is 1.56 bits per heavy atom. The highest BCUT2D eigenvalue weighted by atomic mass is 35.5. The molecule has 0 radical (unpaired) electrons. The summed E-state index contributed by atoms with van der Waals surface area (Å²) >= 11 is 6.16. The van der Waals surface area contributed by atoms with E-state index in [1.54, 1.807) is 6.07 Å². The van der Waals surface area contributed by atoms with E-state index < -0.39 is 0 Å². The molecule has 0 saturated heterocycles. The SMILES string of the molecule is CN(CCc1ccccc1)Cc1ccc(NC(=C2C(=O)Nc3cc(Cl)ccc32)c2ccccc2)cc1. The van der Waals surface area contributed by atoms with E-state index in [4.69, 9.17) is 11.6 Å². The van der Waals surface area contributed by atoms with Gasteiger partial charge in [-0.05, 0) is 54.4 Å². The van der Waals surface area contributed by atoms with Crippen LogP contribution in [-0.2, 0) is 17.8 Å². The second kappa shape index (κ2) is 10.8. The Morgan fingerprint density at radius 3 is 2.28 bits per heavy atom. The van der Waals surface area contributed by atoms with Crippen molar-refractivity contribution in [2.24, 2.45) is 0 Å². The Balaban J connectivity index is 1.35. The van der Waals surface area contributed by atoms with Gasteiger partial charge in [0.1, 0.15) is 0 Å². The van der Waals surface area contributed by atoms with Crippen LogP contribution in [0.2, 0.25) is 5.02 Å². The molecule has 0 spiro atoms. The van der Waals surface area contributed by atoms with Crippen molar-refractivity contribution in [1.29, 1.82) is 0 Å². The maximum Gasteiger partial charge on any atom is 0.258 e. The molecule has 4 aromatic carbocycles. The first-order valence-corrected chi connectivity index (χ1v) is 12.4. The number of likely N-dealkylation sites (N-methyl/N-ethyl adjacent to an activating group) is 1. The summed E-state index contributed by atoms with van der Waals surface area (Å²) in [5, 5.41) is 7.07. The number of rotatable bonds is 8. The summed E-state index contributed by atoms with van der Waals surface area (Å²) in [6, 6.07) is 34.4. The minimum absolute atomic E-state index is 0.143. The number of carbonyl (C=O) groups excluding carboxylic acids is 1. The number of anilines is 2. The largest absolute Gasteiger partial charge is 0.354 e. The Hall–Kier alpha value is -3.86. The molecule has 0 aromatic heterocycles. The van der Waals surface area contributed by atoms with Crippen molar-refractivity contribution in [2.75, 3.05) is 24.2 Å². The third-order valence-corrected chi connectivity index (χ3v) is 6.57. The van der Waals surface area contributed by atoms with Crippen LogP contribution in [0, 0.1) is 0 Å². The summed E-state index contributed by atoms with van der Waals surface area (Å²) in [5.74, 6) is -0.143. The monoisotopic (exact) mass is 493 g/mol. The highest BCUT2D eigenvalue weighted by molar-refractivity contribution is 6.38. The number of nitrogens with zero attached hydrogens (tertiary/aromatic N) is 1. The molecule has 0 bridgehead atoms. The molecule has 0 aliphatic carbocycles. The van der Waals surface area contributed by atoms with Crippen LogP contribution in [0.4, 0.5) is 11.4 Å². The van der Waals surface area contributed by atoms with Gasteiger partial charge in [-0.15, -0.1) is 0 Å². The number of amides is 1. The van der Waals surface area contributed by atoms with E-state index in [0.29, 0.717) is 10.6 Å². The zero-order chi connectivity index (χ0) is 24.9. The first kappa shape index (κ1) is 23.9. The van der Waals surface area contributed by atoms with Gasteiger partial charge in [-0.2, -0.15) is 0 Å². The predicted octanol–water partition coefficient (Wildman–Crippen LogP) is 6.95. The average molecular weight is 494 g/mol. The first-order chi connectivity index (χ1) is 17.6. The Bertz CT molecular complexity index is 1380. The van der Waals surface area contributed by atoms with Crippen LogP contribution in [0.5, 0.6) is 0 Å². The molecule has 1 amide bonds. The van der Waals surface area contributed by atoms with Crippen molar-refractivity contribution in [3.8, 4) is 0 Å². The lowest BCUT2D eigenvalue weighted by molar-refractivity contribution is -0.110. The van der Waals surface area contributed by atoms with E-state index >= 15 is 0 Å². The van der Waals surface area contributed by atoms with Gasteiger partial charge in [-0.25, -0.2) is 0 Å². The summed E-state index contributed by atoms with van der Waals surface area (Å²) in [7, 11) is 2.15. The number of carbonyl (C=O) groups is 1. The van der Waals surface area contributed by atoms with Gasteiger partial charge in [0.05, 0.1) is 17.0 Å². The lowest BCUT2D eigenvalue weighted by Crippen LogP contribution is -2.20. The second-order valence-corrected chi connectivity index (χ2v) is 9.49. The molecule has 1 aliphatic heterocycles. The number of fused-ring (bicyclic) bond motifs is 1. The van der Waals surface area contributed by atoms with E-state index in [9.17, 15) is 4.79 Å². The summed E-state index contributed by atoms with van der Waals surface area (Å²) in [4.78, 5) is 15.4. The minimum atomic E-state index is -0.143. The molecule has 0 unspecified atom stereocenters. The van der Waals surface area contributed by atoms with Gasteiger partial charge in [0, 0.05) is 29.4 Å². The quantitative estimate of drug-likeness (QED) is 0.261. The van der Waals surface area contributed by atoms with Crippen LogP contribution in [0.15, 0.2) is 103 Å². The van der Waals surface area contributed by atoms with Crippen LogP contribution in [-0.4, -0.2) is 24.4 Å². The molecule has 4 aromatic rings. The molecule has 5 rings (SSSR count). The molecule has 1 heterocycles. The lowest BCUT2D eigenvalue weighted by Gasteiger charge is -2.18. The van der Waals surface area contributed by atoms with Gasteiger partial charge in [-0.3, -0.25) is 4.79 Å². The molecular formula is C31H28ClN3O. The molecule has 1 aliphatic rings. The number of benzene rings is 4. The number of hydrogen-bond acceptors (Lipinski definition) is 3. The normalized spacial score (nSPS) is 13.9. The maximum absolute atomic E-state index is 13.0. The van der Waals surface area contributed by atoms with Gasteiger partial charge in [0.15, 0.2) is 0 Å². The van der Waals surface area contributed by atoms with E-state index in [0.717, 1.165) is 47.7 Å². The van der Waals surface area contributed by atoms with Gasteiger partial charge >= 0.3 is 0 Å². The standard InChI is InChI=1S/C31H28ClN3O/c1-35(19-18-22-8-4-2-5-9-22)21-23-12-15-26(16-13-23)33-30(24-10-6-3-7-11-24)29-27-17-14-25(32)20-28(27)34-31(29)36/h2-17,20,33H,18-19,21H2,1H3,(H,34,36). The molecule has 2 N–H and O–H groups in total. The Kier molecular flexibility index (Phi) is 7.17. The average Bonchev–Trinajstić information content (AvgIpc) is 3.22. The lowest BCUT2D eigenvalue weighted by atomic mass is 10.00. The smallest absolute Gasteiger partial charge is 0.258 e. The fourth-order valence-electron chi connectivity index (χ4n) is 4.47. The molecule has 4 nitrogen and oxygen atoms in total. The van der Waals surface area contributed by atoms with Crippen LogP contribution in [0.3, 0.4) is 0 Å². The molecule has 0 fully saturated rings. The number of halogens is 1. The second-order valence-electron chi connectivity index (χ2n) is 9.06. The van der Waals surface area contributed by atoms with Crippen molar-refractivity contribution >= 4 is 40.2 Å². The van der Waals surface area contributed by atoms with Crippen LogP contribution in [0.25, 0.3) is 11.3 Å². The molecule has 36 heavy (non-hydrogen) atoms. The fraction of sp³-hybridized carbons (Fsp3) is 0.129. The minimum Gasteiger partial charge on any atom is -0.354 e. The fourth-order valence-corrected chi connectivity index (χ4v) is 4.64. The van der Waals surface area contributed by atoms with Crippen molar-refractivity contribution in [1.82, 2.24) is 4.90 Å². The maximum atomic E-state index is 13.0. The van der Waals surface area contributed by atoms with E-state index in [2.05, 4.69) is 77.2 Å². The van der Waals surface area contributed by atoms with E-state index in [1.807, 2.05) is 42.5 Å². The third kappa shape index (κ3) is 5.51. The molecule has 5 heteroatoms. The third-order valence-electron chi connectivity index (χ3n) is 6.34. The molecular weight excluding hydrogens is 466 g/mol. The number of hydrogen-bond donors (Lipinski definition) is 2. The van der Waals surface area contributed by atoms with Gasteiger partial charge in [0.25, 0.3) is 5.91 Å². The molecule has 0 saturated carbocycles. The molecule has 0 atom stereocenters. The summed E-state index contributed by atoms with van der Waals surface area (Å²) in [6.45, 7) is 1.86. The van der Waals surface area contributed by atoms with Gasteiger partial charge < -0.3 is 15.5 Å². The van der Waals surface area contributed by atoms with Crippen molar-refractivity contribution < 1.29 is 4.79 Å². The van der Waals surface area contributed by atoms with E-state index in [-0.39, 0.29) is 5.91 Å². The molecule has 180 valence electrons. The van der Waals surface area contributed by atoms with Crippen molar-refractivity contribution in [3.05, 3.63) is 130 Å². The van der Waals surface area contributed by atoms with Gasteiger partial charge in [-0.1, -0.05) is 90.5 Å². The highest BCUT2D eigenvalue weighted by Crippen LogP contribution is 2.38. The van der Waals surface area contributed by atoms with E-state index in [1.165, 1.54) is 11.1 Å². The van der Waals surface area contributed by atoms with Crippen molar-refractivity contribution in [3.63, 3.8) is 0 Å². The van der Waals surface area contributed by atoms with Crippen LogP contribution < -0.4 is 10.6 Å².